The van der Waals surface area contributed by atoms with Gasteiger partial charge < -0.3 is 10.1 Å². The van der Waals surface area contributed by atoms with Crippen LogP contribution in [0.2, 0.25) is 5.02 Å². The van der Waals surface area contributed by atoms with Gasteiger partial charge in [0.25, 0.3) is 5.91 Å². The van der Waals surface area contributed by atoms with Crippen LogP contribution in [0.5, 0.6) is 5.75 Å². The lowest BCUT2D eigenvalue weighted by atomic mass is 10.1. The number of nitrogens with zero attached hydrogens (tertiary/aromatic N) is 2. The van der Waals surface area contributed by atoms with E-state index in [0.29, 0.717) is 23.0 Å². The Labute approximate surface area is 188 Å². The zero-order chi connectivity index (χ0) is 22.0. The third-order valence-electron chi connectivity index (χ3n) is 5.58. The second kappa shape index (κ2) is 9.06. The van der Waals surface area contributed by atoms with Crippen LogP contribution in [0.15, 0.2) is 42.5 Å². The highest BCUT2D eigenvalue weighted by molar-refractivity contribution is 7.92. The van der Waals surface area contributed by atoms with Crippen LogP contribution < -0.4 is 14.4 Å². The van der Waals surface area contributed by atoms with Crippen molar-refractivity contribution in [2.45, 2.75) is 32.0 Å². The molecule has 1 amide bonds. The Morgan fingerprint density at radius 2 is 1.81 bits per heavy atom. The summed E-state index contributed by atoms with van der Waals surface area (Å²) in [7, 11) is -3.59. The molecule has 0 radical (unpaired) electrons. The molecule has 1 saturated heterocycles. The van der Waals surface area contributed by atoms with Gasteiger partial charge in [0.2, 0.25) is 10.0 Å². The number of anilines is 1. The van der Waals surface area contributed by atoms with Crippen LogP contribution in [0.3, 0.4) is 0 Å². The molecule has 1 N–H and O–H groups in total. The summed E-state index contributed by atoms with van der Waals surface area (Å²) < 4.78 is 31.4. The number of sulfonamides is 1. The van der Waals surface area contributed by atoms with Crippen molar-refractivity contribution in [2.75, 3.05) is 30.2 Å². The predicted molar refractivity (Wildman–Crippen MR) is 121 cm³/mol. The second-order valence-electron chi connectivity index (χ2n) is 8.03. The van der Waals surface area contributed by atoms with Gasteiger partial charge in [-0.05, 0) is 55.3 Å². The molecule has 1 fully saturated rings. The van der Waals surface area contributed by atoms with Crippen molar-refractivity contribution in [1.82, 2.24) is 10.2 Å². The molecule has 9 heteroatoms. The van der Waals surface area contributed by atoms with Gasteiger partial charge in [-0.1, -0.05) is 35.9 Å². The average Bonchev–Trinajstić information content (AvgIpc) is 3.24. The number of hydrogen-bond donors (Lipinski definition) is 1. The van der Waals surface area contributed by atoms with Gasteiger partial charge in [0.05, 0.1) is 18.5 Å². The predicted octanol–water partition coefficient (Wildman–Crippen LogP) is 2.78. The number of hydrogen-bond acceptors (Lipinski definition) is 5. The second-order valence-corrected chi connectivity index (χ2v) is 10.4. The van der Waals surface area contributed by atoms with Gasteiger partial charge in [-0.25, -0.2) is 8.42 Å². The van der Waals surface area contributed by atoms with Gasteiger partial charge in [-0.15, -0.1) is 0 Å². The number of amides is 1. The molecular weight excluding hydrogens is 438 g/mol. The first-order valence-electron chi connectivity index (χ1n) is 10.3. The third-order valence-corrected chi connectivity index (χ3v) is 6.96. The normalized spacial score (nSPS) is 19.0. The Bertz CT molecular complexity index is 1050. The van der Waals surface area contributed by atoms with Crippen molar-refractivity contribution in [3.05, 3.63) is 58.6 Å². The van der Waals surface area contributed by atoms with Crippen LogP contribution >= 0.6 is 11.6 Å². The van der Waals surface area contributed by atoms with Crippen molar-refractivity contribution in [3.8, 4) is 5.75 Å². The number of nitrogens with one attached hydrogen (secondary N) is 1. The number of ether oxygens (including phenoxy) is 1. The topological polar surface area (TPSA) is 79.0 Å². The minimum atomic E-state index is -3.59. The molecule has 1 atom stereocenters. The number of benzene rings is 2. The molecule has 0 aliphatic carbocycles. The van der Waals surface area contributed by atoms with E-state index >= 15 is 0 Å². The van der Waals surface area contributed by atoms with Gasteiger partial charge in [-0.2, -0.15) is 0 Å². The Morgan fingerprint density at radius 3 is 2.48 bits per heavy atom. The number of rotatable bonds is 6. The molecule has 2 heterocycles. The minimum Gasteiger partial charge on any atom is -0.476 e. The summed E-state index contributed by atoms with van der Waals surface area (Å²) in [5.74, 6) is -0.0529. The number of carbonyl (C=O) groups is 1. The molecule has 0 aromatic heterocycles. The minimum absolute atomic E-state index is 0.104. The lowest BCUT2D eigenvalue weighted by molar-refractivity contribution is -0.127. The van der Waals surface area contributed by atoms with Crippen molar-refractivity contribution < 1.29 is 17.9 Å². The maximum Gasteiger partial charge on any atom is 0.263 e. The largest absolute Gasteiger partial charge is 0.476 e. The van der Waals surface area contributed by atoms with Crippen LogP contribution in [-0.4, -0.2) is 51.2 Å². The fraction of sp³-hybridized carbons (Fsp3) is 0.409. The van der Waals surface area contributed by atoms with Gasteiger partial charge in [0.15, 0.2) is 6.10 Å². The number of halogens is 1. The average molecular weight is 464 g/mol. The first-order valence-corrected chi connectivity index (χ1v) is 12.5. The van der Waals surface area contributed by atoms with E-state index in [1.54, 1.807) is 12.1 Å². The Morgan fingerprint density at radius 1 is 1.13 bits per heavy atom. The van der Waals surface area contributed by atoms with Gasteiger partial charge >= 0.3 is 0 Å². The van der Waals surface area contributed by atoms with E-state index in [1.165, 1.54) is 24.5 Å². The maximum atomic E-state index is 12.7. The van der Waals surface area contributed by atoms with Crippen LogP contribution in [0.4, 0.5) is 5.69 Å². The van der Waals surface area contributed by atoms with Crippen molar-refractivity contribution in [3.63, 3.8) is 0 Å². The highest BCUT2D eigenvalue weighted by atomic mass is 35.5. The van der Waals surface area contributed by atoms with Crippen LogP contribution in [0.1, 0.15) is 24.0 Å². The molecule has 0 saturated carbocycles. The molecular formula is C22H26ClN3O4S. The summed E-state index contributed by atoms with van der Waals surface area (Å²) >= 11 is 6.01. The van der Waals surface area contributed by atoms with Crippen molar-refractivity contribution in [2.24, 2.45) is 0 Å². The van der Waals surface area contributed by atoms with Gasteiger partial charge in [-0.3, -0.25) is 14.0 Å². The Hall–Kier alpha value is -2.29. The standard InChI is InChI=1S/C22H26ClN3O4S/c1-31(28,29)26-15-21(30-20-9-8-18(23)12-19(20)26)22(27)24-13-16-4-6-17(7-5-16)14-25-10-2-3-11-25/h4-9,12,21H,2-3,10-11,13-15H2,1H3,(H,24,27)/t21-/m0/s1. The molecule has 4 rings (SSSR count). The van der Waals surface area contributed by atoms with Crippen LogP contribution in [0, 0.1) is 0 Å². The monoisotopic (exact) mass is 463 g/mol. The molecule has 2 aliphatic rings. The summed E-state index contributed by atoms with van der Waals surface area (Å²) in [6.45, 7) is 3.49. The highest BCUT2D eigenvalue weighted by Gasteiger charge is 2.35. The van der Waals surface area contributed by atoms with Crippen LogP contribution in [-0.2, 0) is 27.9 Å². The Kier molecular flexibility index (Phi) is 6.41. The Balaban J connectivity index is 1.39. The molecule has 2 aromatic rings. The van der Waals surface area contributed by atoms with Gasteiger partial charge in [0, 0.05) is 18.1 Å². The fourth-order valence-electron chi connectivity index (χ4n) is 3.94. The molecule has 0 unspecified atom stereocenters. The summed E-state index contributed by atoms with van der Waals surface area (Å²) in [6, 6.07) is 12.9. The summed E-state index contributed by atoms with van der Waals surface area (Å²) in [4.78, 5) is 15.2. The third kappa shape index (κ3) is 5.31. The molecule has 2 aromatic carbocycles. The molecule has 31 heavy (non-hydrogen) atoms. The maximum absolute atomic E-state index is 12.7. The SMILES string of the molecule is CS(=O)(=O)N1C[C@@H](C(=O)NCc2ccc(CN3CCCC3)cc2)Oc2ccc(Cl)cc21. The van der Waals surface area contributed by atoms with E-state index in [2.05, 4.69) is 22.3 Å². The van der Waals surface area contributed by atoms with Crippen molar-refractivity contribution in [1.29, 1.82) is 0 Å². The first-order chi connectivity index (χ1) is 14.8. The zero-order valence-corrected chi connectivity index (χ0v) is 19.0. The lowest BCUT2D eigenvalue weighted by Gasteiger charge is -2.34. The number of carbonyl (C=O) groups excluding carboxylic acids is 1. The van der Waals surface area contributed by atoms with E-state index in [1.807, 2.05) is 12.1 Å². The van der Waals surface area contributed by atoms with Crippen LogP contribution in [0.25, 0.3) is 0 Å². The zero-order valence-electron chi connectivity index (χ0n) is 17.4. The number of likely N-dealkylation sites (tertiary alicyclic amines) is 1. The van der Waals surface area contributed by atoms with Crippen molar-refractivity contribution >= 4 is 33.2 Å². The highest BCUT2D eigenvalue weighted by Crippen LogP contribution is 2.37. The lowest BCUT2D eigenvalue weighted by Crippen LogP contribution is -2.50. The molecule has 2 aliphatic heterocycles. The smallest absolute Gasteiger partial charge is 0.263 e. The number of fused-ring (bicyclic) bond motifs is 1. The quantitative estimate of drug-likeness (QED) is 0.712. The molecule has 0 bridgehead atoms. The van der Waals surface area contributed by atoms with Gasteiger partial charge in [0.1, 0.15) is 5.75 Å². The fourth-order valence-corrected chi connectivity index (χ4v) is 5.01. The summed E-state index contributed by atoms with van der Waals surface area (Å²) in [5.41, 5.74) is 2.57. The first kappa shape index (κ1) is 21.9. The summed E-state index contributed by atoms with van der Waals surface area (Å²) in [6.07, 6.45) is 2.68. The van der Waals surface area contributed by atoms with E-state index in [0.717, 1.165) is 35.8 Å². The summed E-state index contributed by atoms with van der Waals surface area (Å²) in [5, 5.41) is 3.25. The molecule has 0 spiro atoms. The van der Waals surface area contributed by atoms with E-state index in [-0.39, 0.29) is 12.5 Å². The van der Waals surface area contributed by atoms with E-state index < -0.39 is 16.1 Å². The van der Waals surface area contributed by atoms with E-state index in [4.69, 9.17) is 16.3 Å². The molecule has 7 nitrogen and oxygen atoms in total. The molecule has 166 valence electrons. The van der Waals surface area contributed by atoms with E-state index in [9.17, 15) is 13.2 Å².